The van der Waals surface area contributed by atoms with Crippen molar-refractivity contribution in [2.45, 2.75) is 63.6 Å². The van der Waals surface area contributed by atoms with E-state index in [1.165, 1.54) is 32.1 Å². The third kappa shape index (κ3) is 4.77. The maximum absolute atomic E-state index is 9.56. The molecule has 0 aromatic rings. The van der Waals surface area contributed by atoms with E-state index in [0.717, 1.165) is 19.3 Å². The summed E-state index contributed by atoms with van der Waals surface area (Å²) in [5, 5.41) is 19.1. The van der Waals surface area contributed by atoms with E-state index >= 15 is 0 Å². The first-order chi connectivity index (χ1) is 6.80. The van der Waals surface area contributed by atoms with Crippen LogP contribution in [0.15, 0.2) is 12.2 Å². The molecule has 0 amide bonds. The van der Waals surface area contributed by atoms with E-state index in [1.807, 2.05) is 6.08 Å². The molecule has 2 unspecified atom stereocenters. The Morgan fingerprint density at radius 2 is 1.50 bits per heavy atom. The van der Waals surface area contributed by atoms with Gasteiger partial charge in [0.15, 0.2) is 0 Å². The van der Waals surface area contributed by atoms with Crippen LogP contribution in [0.25, 0.3) is 0 Å². The second-order valence-corrected chi connectivity index (χ2v) is 4.18. The van der Waals surface area contributed by atoms with Gasteiger partial charge >= 0.3 is 0 Å². The zero-order chi connectivity index (χ0) is 10.2. The number of aliphatic hydroxyl groups is 2. The average molecular weight is 198 g/mol. The molecule has 2 nitrogen and oxygen atoms in total. The molecule has 2 heteroatoms. The topological polar surface area (TPSA) is 40.5 Å². The van der Waals surface area contributed by atoms with E-state index in [-0.39, 0.29) is 0 Å². The van der Waals surface area contributed by atoms with Crippen molar-refractivity contribution in [3.05, 3.63) is 12.2 Å². The van der Waals surface area contributed by atoms with E-state index in [1.54, 1.807) is 6.08 Å². The molecule has 1 aliphatic rings. The van der Waals surface area contributed by atoms with Crippen molar-refractivity contribution >= 4 is 0 Å². The fourth-order valence-electron chi connectivity index (χ4n) is 1.86. The number of rotatable bonds is 0. The van der Waals surface area contributed by atoms with Crippen molar-refractivity contribution in [1.29, 1.82) is 0 Å². The van der Waals surface area contributed by atoms with Crippen LogP contribution in [0.5, 0.6) is 0 Å². The fourth-order valence-corrected chi connectivity index (χ4v) is 1.86. The second-order valence-electron chi connectivity index (χ2n) is 4.18. The van der Waals surface area contributed by atoms with Gasteiger partial charge < -0.3 is 10.2 Å². The van der Waals surface area contributed by atoms with Crippen LogP contribution in [0.2, 0.25) is 0 Å². The minimum atomic E-state index is -0.658. The molecule has 0 bridgehead atoms. The van der Waals surface area contributed by atoms with Crippen LogP contribution in [0.4, 0.5) is 0 Å². The van der Waals surface area contributed by atoms with Gasteiger partial charge in [0.05, 0.1) is 12.2 Å². The molecule has 14 heavy (non-hydrogen) atoms. The molecular weight excluding hydrogens is 176 g/mol. The lowest BCUT2D eigenvalue weighted by molar-refractivity contribution is 0.0412. The van der Waals surface area contributed by atoms with Crippen molar-refractivity contribution in [3.8, 4) is 0 Å². The normalized spacial score (nSPS) is 34.1. The molecule has 1 rings (SSSR count). The molecule has 0 fully saturated rings. The van der Waals surface area contributed by atoms with Crippen LogP contribution in [-0.2, 0) is 0 Å². The Labute approximate surface area is 86.6 Å². The third-order valence-corrected chi connectivity index (χ3v) is 2.85. The molecule has 0 aromatic heterocycles. The van der Waals surface area contributed by atoms with Crippen molar-refractivity contribution in [1.82, 2.24) is 0 Å². The average Bonchev–Trinajstić information content (AvgIpc) is 2.18. The summed E-state index contributed by atoms with van der Waals surface area (Å²) in [6, 6.07) is 0. The second kappa shape index (κ2) is 7.02. The van der Waals surface area contributed by atoms with Gasteiger partial charge in [-0.1, -0.05) is 44.3 Å². The van der Waals surface area contributed by atoms with Crippen LogP contribution in [0.3, 0.4) is 0 Å². The predicted molar refractivity (Wildman–Crippen MR) is 58.1 cm³/mol. The van der Waals surface area contributed by atoms with E-state index in [4.69, 9.17) is 0 Å². The minimum absolute atomic E-state index is 0.564. The summed E-state index contributed by atoms with van der Waals surface area (Å²) in [4.78, 5) is 0. The monoisotopic (exact) mass is 198 g/mol. The largest absolute Gasteiger partial charge is 0.390 e. The van der Waals surface area contributed by atoms with Crippen LogP contribution < -0.4 is 0 Å². The quantitative estimate of drug-likeness (QED) is 0.587. The Bertz CT molecular complexity index is 166. The van der Waals surface area contributed by atoms with Crippen LogP contribution in [0.1, 0.15) is 51.4 Å². The lowest BCUT2D eigenvalue weighted by Gasteiger charge is -2.14. The zero-order valence-corrected chi connectivity index (χ0v) is 8.86. The van der Waals surface area contributed by atoms with Crippen LogP contribution in [-0.4, -0.2) is 22.4 Å². The first-order valence-corrected chi connectivity index (χ1v) is 5.83. The Kier molecular flexibility index (Phi) is 5.88. The molecule has 0 spiro atoms. The highest BCUT2D eigenvalue weighted by Gasteiger charge is 2.12. The third-order valence-electron chi connectivity index (χ3n) is 2.85. The van der Waals surface area contributed by atoms with Crippen molar-refractivity contribution in [2.24, 2.45) is 0 Å². The lowest BCUT2D eigenvalue weighted by Crippen LogP contribution is -2.23. The first-order valence-electron chi connectivity index (χ1n) is 5.83. The molecule has 0 saturated heterocycles. The number of hydrogen-bond donors (Lipinski definition) is 2. The summed E-state index contributed by atoms with van der Waals surface area (Å²) in [5.41, 5.74) is 0. The molecule has 0 saturated carbocycles. The minimum Gasteiger partial charge on any atom is -0.390 e. The standard InChI is InChI=1S/C12H22O2/c13-11-9-7-5-3-1-2-4-6-8-10-12(11)14/h7,9,11-14H,1-6,8,10H2/b9-7-. The smallest absolute Gasteiger partial charge is 0.0979 e. The van der Waals surface area contributed by atoms with Crippen LogP contribution >= 0.6 is 0 Å². The van der Waals surface area contributed by atoms with Crippen molar-refractivity contribution < 1.29 is 10.2 Å². The van der Waals surface area contributed by atoms with Gasteiger partial charge in [0.2, 0.25) is 0 Å². The molecule has 2 atom stereocenters. The zero-order valence-electron chi connectivity index (χ0n) is 8.86. The van der Waals surface area contributed by atoms with Gasteiger partial charge in [0.25, 0.3) is 0 Å². The summed E-state index contributed by atoms with van der Waals surface area (Å²) >= 11 is 0. The molecule has 0 aliphatic heterocycles. The summed E-state index contributed by atoms with van der Waals surface area (Å²) in [6.07, 6.45) is 11.6. The van der Waals surface area contributed by atoms with E-state index in [2.05, 4.69) is 0 Å². The molecule has 1 aliphatic carbocycles. The van der Waals surface area contributed by atoms with Gasteiger partial charge in [-0.3, -0.25) is 0 Å². The number of hydrogen-bond acceptors (Lipinski definition) is 2. The molecule has 82 valence electrons. The summed E-state index contributed by atoms with van der Waals surface area (Å²) in [5.74, 6) is 0. The van der Waals surface area contributed by atoms with Gasteiger partial charge in [-0.25, -0.2) is 0 Å². The Balaban J connectivity index is 2.35. The Morgan fingerprint density at radius 1 is 0.857 bits per heavy atom. The maximum atomic E-state index is 9.56. The van der Waals surface area contributed by atoms with Gasteiger partial charge in [0, 0.05) is 0 Å². The van der Waals surface area contributed by atoms with Gasteiger partial charge in [-0.15, -0.1) is 0 Å². The predicted octanol–water partition coefficient (Wildman–Crippen LogP) is 2.40. The lowest BCUT2D eigenvalue weighted by atomic mass is 10.0. The molecule has 0 heterocycles. The molecular formula is C12H22O2. The van der Waals surface area contributed by atoms with Crippen molar-refractivity contribution in [3.63, 3.8) is 0 Å². The fraction of sp³-hybridized carbons (Fsp3) is 0.833. The number of aliphatic hydroxyl groups excluding tert-OH is 2. The summed E-state index contributed by atoms with van der Waals surface area (Å²) in [7, 11) is 0. The molecule has 0 aromatic carbocycles. The summed E-state index contributed by atoms with van der Waals surface area (Å²) in [6.45, 7) is 0. The Morgan fingerprint density at radius 3 is 2.29 bits per heavy atom. The number of allylic oxidation sites excluding steroid dienone is 1. The van der Waals surface area contributed by atoms with Gasteiger partial charge in [-0.05, 0) is 19.3 Å². The van der Waals surface area contributed by atoms with Gasteiger partial charge in [0.1, 0.15) is 0 Å². The Hall–Kier alpha value is -0.340. The first kappa shape index (κ1) is 11.7. The highest BCUT2D eigenvalue weighted by atomic mass is 16.3. The van der Waals surface area contributed by atoms with Crippen molar-refractivity contribution in [2.75, 3.05) is 0 Å². The molecule has 2 N–H and O–H groups in total. The van der Waals surface area contributed by atoms with E-state index < -0.39 is 12.2 Å². The maximum Gasteiger partial charge on any atom is 0.0979 e. The summed E-state index contributed by atoms with van der Waals surface area (Å²) < 4.78 is 0. The highest BCUT2D eigenvalue weighted by molar-refractivity contribution is 4.92. The van der Waals surface area contributed by atoms with Gasteiger partial charge in [-0.2, -0.15) is 0 Å². The SMILES string of the molecule is OC1/C=C\CCCCCCCCC1O. The highest BCUT2D eigenvalue weighted by Crippen LogP contribution is 2.13. The molecule has 0 radical (unpaired) electrons. The van der Waals surface area contributed by atoms with E-state index in [9.17, 15) is 10.2 Å². The van der Waals surface area contributed by atoms with E-state index in [0.29, 0.717) is 0 Å². The van der Waals surface area contributed by atoms with Crippen LogP contribution in [0, 0.1) is 0 Å².